The molecule has 1 aromatic carbocycles. The maximum Gasteiger partial charge on any atom is 0.407 e. The average Bonchev–Trinajstić information content (AvgIpc) is 2.73. The van der Waals surface area contributed by atoms with Crippen molar-refractivity contribution in [3.63, 3.8) is 0 Å². The molecule has 0 radical (unpaired) electrons. The van der Waals surface area contributed by atoms with Gasteiger partial charge in [-0.05, 0) is 55.5 Å². The van der Waals surface area contributed by atoms with Crippen LogP contribution >= 0.6 is 0 Å². The van der Waals surface area contributed by atoms with Crippen LogP contribution in [-0.4, -0.2) is 37.4 Å². The summed E-state index contributed by atoms with van der Waals surface area (Å²) in [7, 11) is 3.27. The Bertz CT molecular complexity index is 787. The van der Waals surface area contributed by atoms with Gasteiger partial charge in [-0.3, -0.25) is 0 Å². The van der Waals surface area contributed by atoms with Crippen LogP contribution in [0.25, 0.3) is 11.1 Å². The van der Waals surface area contributed by atoms with Crippen LogP contribution < -0.4 is 21.1 Å². The van der Waals surface area contributed by atoms with Crippen molar-refractivity contribution < 1.29 is 14.3 Å². The Morgan fingerprint density at radius 3 is 2.57 bits per heavy atom. The lowest BCUT2D eigenvalue weighted by Crippen LogP contribution is -2.36. The fraction of sp³-hybridized carbons (Fsp3) is 0.429. The molecule has 1 amide bonds. The fourth-order valence-corrected chi connectivity index (χ4v) is 3.52. The first-order chi connectivity index (χ1) is 13.6. The van der Waals surface area contributed by atoms with Crippen molar-refractivity contribution in [1.29, 1.82) is 0 Å². The maximum absolute atomic E-state index is 11.3. The molecule has 1 aliphatic carbocycles. The number of nitrogens with two attached hydrogens (primary N) is 1. The molecule has 150 valence electrons. The second-order valence-electron chi connectivity index (χ2n) is 7.01. The molecule has 1 aliphatic rings. The molecule has 1 saturated carbocycles. The van der Waals surface area contributed by atoms with Gasteiger partial charge < -0.3 is 25.8 Å². The molecule has 1 heterocycles. The van der Waals surface area contributed by atoms with Gasteiger partial charge in [0, 0.05) is 37.0 Å². The van der Waals surface area contributed by atoms with Gasteiger partial charge in [0.2, 0.25) is 0 Å². The van der Waals surface area contributed by atoms with E-state index in [2.05, 4.69) is 21.7 Å². The average molecular weight is 384 g/mol. The van der Waals surface area contributed by atoms with Crippen LogP contribution in [-0.2, 0) is 11.3 Å². The van der Waals surface area contributed by atoms with Crippen LogP contribution in [0.5, 0.6) is 5.75 Å². The monoisotopic (exact) mass is 384 g/mol. The summed E-state index contributed by atoms with van der Waals surface area (Å²) >= 11 is 0. The Morgan fingerprint density at radius 1 is 1.18 bits per heavy atom. The summed E-state index contributed by atoms with van der Waals surface area (Å²) in [6.07, 6.45) is 5.14. The van der Waals surface area contributed by atoms with Gasteiger partial charge in [0.15, 0.2) is 0 Å². The molecular weight excluding hydrogens is 356 g/mol. The zero-order valence-electron chi connectivity index (χ0n) is 16.4. The number of nitrogen functional groups attached to an aromatic ring is 1. The maximum atomic E-state index is 11.3. The van der Waals surface area contributed by atoms with Crippen LogP contribution in [0.3, 0.4) is 0 Å². The first-order valence-corrected chi connectivity index (χ1v) is 9.59. The highest BCUT2D eigenvalue weighted by Gasteiger charge is 2.23. The molecule has 2 aromatic rings. The summed E-state index contributed by atoms with van der Waals surface area (Å²) in [5, 5.41) is 6.12. The highest BCUT2D eigenvalue weighted by atomic mass is 16.6. The van der Waals surface area contributed by atoms with E-state index in [1.54, 1.807) is 26.4 Å². The zero-order chi connectivity index (χ0) is 19.9. The molecule has 7 nitrogen and oxygen atoms in total. The summed E-state index contributed by atoms with van der Waals surface area (Å²) in [6, 6.07) is 10.3. The van der Waals surface area contributed by atoms with Gasteiger partial charge in [-0.25, -0.2) is 9.78 Å². The minimum atomic E-state index is -0.352. The number of amides is 1. The molecule has 4 N–H and O–H groups in total. The summed E-state index contributed by atoms with van der Waals surface area (Å²) in [4.78, 5) is 15.5. The highest BCUT2D eigenvalue weighted by molar-refractivity contribution is 5.67. The van der Waals surface area contributed by atoms with Crippen molar-refractivity contribution >= 4 is 11.9 Å². The van der Waals surface area contributed by atoms with Gasteiger partial charge in [-0.1, -0.05) is 6.07 Å². The second-order valence-corrected chi connectivity index (χ2v) is 7.01. The standard InChI is InChI=1S/C21H28N4O3/c1-23-21(26)28-18-7-5-17(6-8-18)24-13-16-11-14(3-9-19(16)27-2)15-4-10-20(22)25-12-15/h3-4,9-12,17-18,24H,5-8,13H2,1-2H3,(H2,22,25)(H,23,26). The number of carbonyl (C=O) groups excluding carboxylic acids is 1. The number of hydrogen-bond acceptors (Lipinski definition) is 6. The Morgan fingerprint density at radius 2 is 1.93 bits per heavy atom. The van der Waals surface area contributed by atoms with Gasteiger partial charge >= 0.3 is 6.09 Å². The lowest BCUT2D eigenvalue weighted by Gasteiger charge is -2.29. The largest absolute Gasteiger partial charge is 0.496 e. The number of methoxy groups -OCH3 is 1. The van der Waals surface area contributed by atoms with E-state index in [9.17, 15) is 4.79 Å². The predicted molar refractivity (Wildman–Crippen MR) is 109 cm³/mol. The third-order valence-electron chi connectivity index (χ3n) is 5.13. The van der Waals surface area contributed by atoms with E-state index in [0.29, 0.717) is 18.4 Å². The van der Waals surface area contributed by atoms with Crippen molar-refractivity contribution in [2.24, 2.45) is 0 Å². The topological polar surface area (TPSA) is 98.5 Å². The first kappa shape index (κ1) is 19.9. The molecule has 3 rings (SSSR count). The molecular formula is C21H28N4O3. The number of alkyl carbamates (subject to hydrolysis) is 1. The van der Waals surface area contributed by atoms with Crippen LogP contribution in [0.15, 0.2) is 36.5 Å². The van der Waals surface area contributed by atoms with Crippen molar-refractivity contribution in [3.05, 3.63) is 42.1 Å². The zero-order valence-corrected chi connectivity index (χ0v) is 16.4. The number of ether oxygens (including phenoxy) is 2. The second kappa shape index (κ2) is 9.41. The fourth-order valence-electron chi connectivity index (χ4n) is 3.52. The smallest absolute Gasteiger partial charge is 0.407 e. The van der Waals surface area contributed by atoms with E-state index >= 15 is 0 Å². The third kappa shape index (κ3) is 5.13. The van der Waals surface area contributed by atoms with Crippen LogP contribution in [0.1, 0.15) is 31.2 Å². The number of benzene rings is 1. The number of pyridine rings is 1. The molecule has 0 unspecified atom stereocenters. The molecule has 0 saturated heterocycles. The summed E-state index contributed by atoms with van der Waals surface area (Å²) < 4.78 is 10.9. The highest BCUT2D eigenvalue weighted by Crippen LogP contribution is 2.28. The van der Waals surface area contributed by atoms with E-state index in [4.69, 9.17) is 15.2 Å². The van der Waals surface area contributed by atoms with Gasteiger partial charge in [-0.15, -0.1) is 0 Å². The molecule has 1 fully saturated rings. The minimum Gasteiger partial charge on any atom is -0.496 e. The summed E-state index contributed by atoms with van der Waals surface area (Å²) in [6.45, 7) is 0.713. The van der Waals surface area contributed by atoms with Crippen LogP contribution in [0, 0.1) is 0 Å². The molecule has 0 atom stereocenters. The number of aromatic nitrogens is 1. The van der Waals surface area contributed by atoms with E-state index in [1.165, 1.54) is 0 Å². The Balaban J connectivity index is 1.60. The van der Waals surface area contributed by atoms with E-state index in [-0.39, 0.29) is 12.2 Å². The molecule has 0 spiro atoms. The van der Waals surface area contributed by atoms with E-state index in [0.717, 1.165) is 48.1 Å². The number of nitrogens with zero attached hydrogens (tertiary/aromatic N) is 1. The van der Waals surface area contributed by atoms with Crippen LogP contribution in [0.4, 0.5) is 10.6 Å². The SMILES string of the molecule is CNC(=O)OC1CCC(NCc2cc(-c3ccc(N)nc3)ccc2OC)CC1. The summed E-state index contributed by atoms with van der Waals surface area (Å²) in [5.74, 6) is 1.37. The number of carbonyl (C=O) groups is 1. The Hall–Kier alpha value is -2.80. The lowest BCUT2D eigenvalue weighted by atomic mass is 9.92. The van der Waals surface area contributed by atoms with E-state index in [1.807, 2.05) is 18.2 Å². The molecule has 7 heteroatoms. The predicted octanol–water partition coefficient (Wildman–Crippen LogP) is 3.10. The first-order valence-electron chi connectivity index (χ1n) is 9.59. The molecule has 28 heavy (non-hydrogen) atoms. The third-order valence-corrected chi connectivity index (χ3v) is 5.13. The normalized spacial score (nSPS) is 19.1. The number of nitrogens with one attached hydrogen (secondary N) is 2. The number of hydrogen-bond donors (Lipinski definition) is 3. The van der Waals surface area contributed by atoms with Gasteiger partial charge in [0.25, 0.3) is 0 Å². The van der Waals surface area contributed by atoms with Gasteiger partial charge in [0.1, 0.15) is 17.7 Å². The number of rotatable bonds is 6. The Kier molecular flexibility index (Phi) is 6.71. The minimum absolute atomic E-state index is 0.00822. The quantitative estimate of drug-likeness (QED) is 0.708. The summed E-state index contributed by atoms with van der Waals surface area (Å²) in [5.41, 5.74) is 8.88. The van der Waals surface area contributed by atoms with Gasteiger partial charge in [-0.2, -0.15) is 0 Å². The molecule has 0 bridgehead atoms. The van der Waals surface area contributed by atoms with Crippen molar-refractivity contribution in [2.75, 3.05) is 19.9 Å². The van der Waals surface area contributed by atoms with Crippen molar-refractivity contribution in [1.82, 2.24) is 15.6 Å². The van der Waals surface area contributed by atoms with E-state index < -0.39 is 0 Å². The Labute approximate surface area is 165 Å². The molecule has 1 aromatic heterocycles. The van der Waals surface area contributed by atoms with Gasteiger partial charge in [0.05, 0.1) is 7.11 Å². The molecule has 0 aliphatic heterocycles. The number of anilines is 1. The van der Waals surface area contributed by atoms with Crippen molar-refractivity contribution in [3.8, 4) is 16.9 Å². The van der Waals surface area contributed by atoms with Crippen LogP contribution in [0.2, 0.25) is 0 Å². The lowest BCUT2D eigenvalue weighted by molar-refractivity contribution is 0.0701. The van der Waals surface area contributed by atoms with Crippen molar-refractivity contribution in [2.45, 2.75) is 44.4 Å².